The number of fused-ring (bicyclic) bond motifs is 4. The van der Waals surface area contributed by atoms with Crippen LogP contribution in [0.15, 0.2) is 53.5 Å². The summed E-state index contributed by atoms with van der Waals surface area (Å²) in [6, 6.07) is 16.6. The lowest BCUT2D eigenvalue weighted by Crippen LogP contribution is -2.61. The Labute approximate surface area is 153 Å². The number of aromatic nitrogens is 1. The van der Waals surface area contributed by atoms with E-state index in [1.165, 1.54) is 11.3 Å². The molecule has 4 nitrogen and oxygen atoms in total. The molecule has 3 heterocycles. The average molecular weight is 343 g/mol. The SMILES string of the molecule is Cc1ccc2c3c(ccc2n1)OC1(C=N3)N(C)c2ccccc2C1(C)C. The summed E-state index contributed by atoms with van der Waals surface area (Å²) in [4.78, 5) is 11.7. The van der Waals surface area contributed by atoms with Crippen LogP contribution in [-0.2, 0) is 5.41 Å². The number of aryl methyl sites for hydroxylation is 1. The molecule has 4 heteroatoms. The van der Waals surface area contributed by atoms with Crippen LogP contribution < -0.4 is 9.64 Å². The highest BCUT2D eigenvalue weighted by Gasteiger charge is 2.58. The third kappa shape index (κ3) is 1.74. The number of pyridine rings is 1. The van der Waals surface area contributed by atoms with E-state index < -0.39 is 5.72 Å². The quantitative estimate of drug-likeness (QED) is 0.590. The summed E-state index contributed by atoms with van der Waals surface area (Å²) >= 11 is 0. The first kappa shape index (κ1) is 15.4. The maximum Gasteiger partial charge on any atom is 0.228 e. The molecule has 3 aromatic rings. The number of rotatable bonds is 0. The van der Waals surface area contributed by atoms with Crippen molar-refractivity contribution >= 4 is 28.5 Å². The maximum absolute atomic E-state index is 6.68. The molecule has 0 radical (unpaired) electrons. The predicted octanol–water partition coefficient (Wildman–Crippen LogP) is 4.76. The van der Waals surface area contributed by atoms with Crippen LogP contribution in [0, 0.1) is 6.92 Å². The Balaban J connectivity index is 1.70. The van der Waals surface area contributed by atoms with E-state index in [0.29, 0.717) is 0 Å². The molecule has 1 atom stereocenters. The van der Waals surface area contributed by atoms with Gasteiger partial charge in [-0.25, -0.2) is 0 Å². The molecule has 0 saturated carbocycles. The molecule has 1 unspecified atom stereocenters. The third-order valence-electron chi connectivity index (χ3n) is 5.91. The smallest absolute Gasteiger partial charge is 0.228 e. The molecule has 1 aromatic heterocycles. The summed E-state index contributed by atoms with van der Waals surface area (Å²) in [5.74, 6) is 0.804. The number of hydrogen-bond donors (Lipinski definition) is 0. The molecule has 0 amide bonds. The first-order valence-electron chi connectivity index (χ1n) is 8.92. The maximum atomic E-state index is 6.68. The van der Waals surface area contributed by atoms with Crippen molar-refractivity contribution in [3.8, 4) is 5.75 Å². The van der Waals surface area contributed by atoms with Gasteiger partial charge < -0.3 is 9.64 Å². The van der Waals surface area contributed by atoms with Gasteiger partial charge in [-0.2, -0.15) is 0 Å². The number of benzene rings is 2. The van der Waals surface area contributed by atoms with E-state index in [-0.39, 0.29) is 5.41 Å². The summed E-state index contributed by atoms with van der Waals surface area (Å²) in [7, 11) is 2.08. The van der Waals surface area contributed by atoms with Gasteiger partial charge in [0.15, 0.2) is 0 Å². The van der Waals surface area contributed by atoms with E-state index in [1.54, 1.807) is 0 Å². The van der Waals surface area contributed by atoms with Crippen LogP contribution in [0.2, 0.25) is 0 Å². The van der Waals surface area contributed by atoms with Crippen molar-refractivity contribution in [3.05, 3.63) is 59.8 Å². The van der Waals surface area contributed by atoms with Crippen molar-refractivity contribution in [2.24, 2.45) is 4.99 Å². The van der Waals surface area contributed by atoms with Crippen molar-refractivity contribution in [1.29, 1.82) is 0 Å². The van der Waals surface area contributed by atoms with Gasteiger partial charge in [-0.15, -0.1) is 0 Å². The highest BCUT2D eigenvalue weighted by Crippen LogP contribution is 2.53. The fourth-order valence-electron chi connectivity index (χ4n) is 4.36. The van der Waals surface area contributed by atoms with E-state index in [2.05, 4.69) is 61.1 Å². The molecule has 5 rings (SSSR count). The summed E-state index contributed by atoms with van der Waals surface area (Å²) in [5, 5.41) is 1.02. The highest BCUT2D eigenvalue weighted by molar-refractivity contribution is 5.98. The van der Waals surface area contributed by atoms with Crippen LogP contribution in [-0.4, -0.2) is 24.0 Å². The molecule has 0 bridgehead atoms. The zero-order valence-corrected chi connectivity index (χ0v) is 15.4. The van der Waals surface area contributed by atoms with E-state index in [9.17, 15) is 0 Å². The summed E-state index contributed by atoms with van der Waals surface area (Å²) in [5.41, 5.74) is 4.39. The molecule has 2 aromatic carbocycles. The van der Waals surface area contributed by atoms with Crippen LogP contribution in [0.5, 0.6) is 5.75 Å². The monoisotopic (exact) mass is 343 g/mol. The van der Waals surface area contributed by atoms with Crippen molar-refractivity contribution in [1.82, 2.24) is 4.98 Å². The average Bonchev–Trinajstić information content (AvgIpc) is 2.80. The minimum atomic E-state index is -0.643. The first-order valence-corrected chi connectivity index (χ1v) is 8.92. The van der Waals surface area contributed by atoms with E-state index >= 15 is 0 Å². The number of hydrogen-bond acceptors (Lipinski definition) is 4. The molecule has 2 aliphatic rings. The van der Waals surface area contributed by atoms with Gasteiger partial charge in [-0.3, -0.25) is 9.98 Å². The van der Waals surface area contributed by atoms with Crippen molar-refractivity contribution < 1.29 is 4.74 Å². The van der Waals surface area contributed by atoms with E-state index in [1.807, 2.05) is 31.3 Å². The van der Waals surface area contributed by atoms with Crippen LogP contribution >= 0.6 is 0 Å². The summed E-state index contributed by atoms with van der Waals surface area (Å²) < 4.78 is 6.68. The topological polar surface area (TPSA) is 37.7 Å². The van der Waals surface area contributed by atoms with E-state index in [4.69, 9.17) is 9.73 Å². The van der Waals surface area contributed by atoms with Crippen LogP contribution in [0.25, 0.3) is 10.9 Å². The van der Waals surface area contributed by atoms with Crippen molar-refractivity contribution in [2.75, 3.05) is 11.9 Å². The van der Waals surface area contributed by atoms with Crippen LogP contribution in [0.3, 0.4) is 0 Å². The zero-order chi connectivity index (χ0) is 18.1. The summed E-state index contributed by atoms with van der Waals surface area (Å²) in [6.45, 7) is 6.44. The van der Waals surface area contributed by atoms with Gasteiger partial charge >= 0.3 is 0 Å². The second-order valence-corrected chi connectivity index (χ2v) is 7.69. The molecule has 2 aliphatic heterocycles. The minimum Gasteiger partial charge on any atom is -0.459 e. The van der Waals surface area contributed by atoms with Gasteiger partial charge in [-0.1, -0.05) is 18.2 Å². The van der Waals surface area contributed by atoms with Gasteiger partial charge in [0.1, 0.15) is 11.4 Å². The fraction of sp³-hybridized carbons (Fsp3) is 0.273. The Morgan fingerprint density at radius 2 is 1.81 bits per heavy atom. The molecule has 0 fully saturated rings. The van der Waals surface area contributed by atoms with Crippen molar-refractivity contribution in [2.45, 2.75) is 31.9 Å². The third-order valence-corrected chi connectivity index (χ3v) is 5.91. The molecule has 0 aliphatic carbocycles. The van der Waals surface area contributed by atoms with Gasteiger partial charge in [-0.05, 0) is 56.7 Å². The first-order chi connectivity index (χ1) is 12.4. The lowest BCUT2D eigenvalue weighted by atomic mass is 9.77. The largest absolute Gasteiger partial charge is 0.459 e. The van der Waals surface area contributed by atoms with Crippen molar-refractivity contribution in [3.63, 3.8) is 0 Å². The number of nitrogens with zero attached hydrogens (tertiary/aromatic N) is 3. The number of likely N-dealkylation sites (N-methyl/N-ethyl adjacent to an activating group) is 1. The Bertz CT molecular complexity index is 1090. The molecule has 1 spiro atoms. The normalized spacial score (nSPS) is 22.4. The molecule has 130 valence electrons. The summed E-state index contributed by atoms with van der Waals surface area (Å²) in [6.07, 6.45) is 1.97. The highest BCUT2D eigenvalue weighted by atomic mass is 16.5. The van der Waals surface area contributed by atoms with Gasteiger partial charge in [0.05, 0.1) is 17.1 Å². The lowest BCUT2D eigenvalue weighted by Gasteiger charge is -2.44. The van der Waals surface area contributed by atoms with Crippen LogP contribution in [0.1, 0.15) is 25.1 Å². The number of aliphatic imine (C=N–C) groups is 1. The number of ether oxygens (including phenoxy) is 1. The Morgan fingerprint density at radius 3 is 2.62 bits per heavy atom. The lowest BCUT2D eigenvalue weighted by molar-refractivity contribution is 0.0826. The Kier molecular flexibility index (Phi) is 2.87. The second kappa shape index (κ2) is 4.85. The van der Waals surface area contributed by atoms with Gasteiger partial charge in [0.2, 0.25) is 5.72 Å². The number of anilines is 1. The van der Waals surface area contributed by atoms with E-state index in [0.717, 1.165) is 28.0 Å². The van der Waals surface area contributed by atoms with Gasteiger partial charge in [0, 0.05) is 23.8 Å². The molecule has 0 N–H and O–H groups in total. The standard InChI is InChI=1S/C22H21N3O/c1-14-9-10-15-17(24-14)11-12-19-20(15)23-13-22(26-19)21(2,3)16-7-5-6-8-18(16)25(22)4/h5-13H,1-4H3. The second-order valence-electron chi connectivity index (χ2n) is 7.69. The Morgan fingerprint density at radius 1 is 1.00 bits per heavy atom. The fourth-order valence-corrected chi connectivity index (χ4v) is 4.36. The van der Waals surface area contributed by atoms with Crippen LogP contribution in [0.4, 0.5) is 11.4 Å². The molecule has 0 saturated heterocycles. The predicted molar refractivity (Wildman–Crippen MR) is 106 cm³/mol. The molecular formula is C22H21N3O. The molecule has 26 heavy (non-hydrogen) atoms. The van der Waals surface area contributed by atoms with Gasteiger partial charge in [0.25, 0.3) is 0 Å². The zero-order valence-electron chi connectivity index (χ0n) is 15.4. The Hall–Kier alpha value is -2.88. The number of para-hydroxylation sites is 1. The molecular weight excluding hydrogens is 322 g/mol. The minimum absolute atomic E-state index is 0.236.